The maximum atomic E-state index is 12.5. The average Bonchev–Trinajstić information content (AvgIpc) is 2.29. The largest absolute Gasteiger partial charge is 0.465 e. The van der Waals surface area contributed by atoms with E-state index in [0.29, 0.717) is 22.7 Å². The number of thioether (sulfide) groups is 1. The monoisotopic (exact) mass is 275 g/mol. The maximum Gasteiger partial charge on any atom is 0.404 e. The van der Waals surface area contributed by atoms with Gasteiger partial charge in [0.1, 0.15) is 0 Å². The van der Waals surface area contributed by atoms with Gasteiger partial charge < -0.3 is 10.4 Å². The van der Waals surface area contributed by atoms with Crippen LogP contribution in [0.15, 0.2) is 41.1 Å². The number of halogens is 2. The maximum absolute atomic E-state index is 12.5. The van der Waals surface area contributed by atoms with Gasteiger partial charge in [-0.3, -0.25) is 0 Å². The molecule has 0 radical (unpaired) electrons. The zero-order valence-electron chi connectivity index (χ0n) is 8.82. The molecule has 0 fully saturated rings. The number of hydrogen-bond acceptors (Lipinski definition) is 2. The third-order valence-electron chi connectivity index (χ3n) is 1.84. The van der Waals surface area contributed by atoms with Crippen LogP contribution in [-0.2, 0) is 0 Å². The van der Waals surface area contributed by atoms with E-state index < -0.39 is 6.09 Å². The summed E-state index contributed by atoms with van der Waals surface area (Å²) in [5.74, 6) is 0.372. The van der Waals surface area contributed by atoms with E-state index in [1.54, 1.807) is 18.2 Å². The number of carboxylic acid groups (broad SMARTS) is 1. The Balaban J connectivity index is 2.45. The molecule has 6 heteroatoms. The molecular weight excluding hydrogens is 265 g/mol. The normalized spacial score (nSPS) is 11.3. The van der Waals surface area contributed by atoms with Crippen LogP contribution in [0.5, 0.6) is 0 Å². The van der Waals surface area contributed by atoms with Gasteiger partial charge >= 0.3 is 6.09 Å². The van der Waals surface area contributed by atoms with Crippen molar-refractivity contribution < 1.29 is 14.3 Å². The Bertz CT molecular complexity index is 426. The van der Waals surface area contributed by atoms with Crippen LogP contribution in [0.2, 0.25) is 5.02 Å². The van der Waals surface area contributed by atoms with E-state index in [-0.39, 0.29) is 6.54 Å². The second kappa shape index (κ2) is 7.19. The van der Waals surface area contributed by atoms with Crippen LogP contribution in [0.3, 0.4) is 0 Å². The van der Waals surface area contributed by atoms with Crippen molar-refractivity contribution in [3.63, 3.8) is 0 Å². The van der Waals surface area contributed by atoms with Gasteiger partial charge in [0.15, 0.2) is 0 Å². The van der Waals surface area contributed by atoms with E-state index in [9.17, 15) is 9.18 Å². The predicted octanol–water partition coefficient (Wildman–Crippen LogP) is 3.55. The highest BCUT2D eigenvalue weighted by atomic mass is 35.5. The predicted molar refractivity (Wildman–Crippen MR) is 67.4 cm³/mol. The molecule has 1 rings (SSSR count). The van der Waals surface area contributed by atoms with Crippen molar-refractivity contribution in [3.05, 3.63) is 41.2 Å². The van der Waals surface area contributed by atoms with Crippen molar-refractivity contribution in [3.8, 4) is 0 Å². The minimum absolute atomic E-state index is 0.0145. The highest BCUT2D eigenvalue weighted by molar-refractivity contribution is 7.99. The second-order valence-electron chi connectivity index (χ2n) is 3.17. The third kappa shape index (κ3) is 5.60. The summed E-state index contributed by atoms with van der Waals surface area (Å²) >= 11 is 7.20. The lowest BCUT2D eigenvalue weighted by molar-refractivity contribution is 0.195. The smallest absolute Gasteiger partial charge is 0.404 e. The Morgan fingerprint density at radius 2 is 2.35 bits per heavy atom. The third-order valence-corrected chi connectivity index (χ3v) is 3.18. The Labute approximate surface area is 108 Å². The molecule has 0 heterocycles. The molecule has 0 saturated carbocycles. The first kappa shape index (κ1) is 13.9. The van der Waals surface area contributed by atoms with E-state index in [1.807, 2.05) is 6.07 Å². The average molecular weight is 276 g/mol. The summed E-state index contributed by atoms with van der Waals surface area (Å²) in [5, 5.41) is 11.1. The molecule has 1 amide bonds. The van der Waals surface area contributed by atoms with Gasteiger partial charge in [-0.15, -0.1) is 11.8 Å². The zero-order valence-corrected chi connectivity index (χ0v) is 10.4. The van der Waals surface area contributed by atoms with Crippen LogP contribution in [0, 0.1) is 0 Å². The highest BCUT2D eigenvalue weighted by Crippen LogP contribution is 2.23. The van der Waals surface area contributed by atoms with Gasteiger partial charge in [-0.25, -0.2) is 9.18 Å². The summed E-state index contributed by atoms with van der Waals surface area (Å²) in [7, 11) is 0. The molecule has 0 spiro atoms. The first-order valence-electron chi connectivity index (χ1n) is 4.75. The van der Waals surface area contributed by atoms with Crippen LogP contribution in [0.25, 0.3) is 0 Å². The Morgan fingerprint density at radius 3 is 2.94 bits per heavy atom. The molecule has 1 aromatic rings. The standard InChI is InChI=1S/C11H11ClFNO2S/c12-9-2-1-3-10(4-9)17-7-8(5-13)6-14-11(15)16/h1-5,14H,6-7H2,(H,15,16)/b8-5+. The molecule has 3 nitrogen and oxygen atoms in total. The molecule has 17 heavy (non-hydrogen) atoms. The number of carbonyl (C=O) groups is 1. The van der Waals surface area contributed by atoms with Gasteiger partial charge in [-0.1, -0.05) is 17.7 Å². The molecule has 92 valence electrons. The van der Waals surface area contributed by atoms with E-state index in [2.05, 4.69) is 5.32 Å². The quantitative estimate of drug-likeness (QED) is 0.808. The molecule has 0 bridgehead atoms. The van der Waals surface area contributed by atoms with E-state index in [4.69, 9.17) is 16.7 Å². The van der Waals surface area contributed by atoms with Crippen molar-refractivity contribution in [1.29, 1.82) is 0 Å². The first-order valence-corrected chi connectivity index (χ1v) is 6.11. The second-order valence-corrected chi connectivity index (χ2v) is 4.66. The molecule has 0 unspecified atom stereocenters. The molecule has 0 saturated heterocycles. The molecular formula is C11H11ClFNO2S. The Morgan fingerprint density at radius 1 is 1.59 bits per heavy atom. The lowest BCUT2D eigenvalue weighted by atomic mass is 10.3. The molecule has 0 atom stereocenters. The van der Waals surface area contributed by atoms with Crippen molar-refractivity contribution in [2.45, 2.75) is 4.90 Å². The summed E-state index contributed by atoms with van der Waals surface area (Å²) in [6.07, 6.45) is -0.745. The topological polar surface area (TPSA) is 49.3 Å². The summed E-state index contributed by atoms with van der Waals surface area (Å²) in [5.41, 5.74) is 0.373. The molecule has 1 aromatic carbocycles. The highest BCUT2D eigenvalue weighted by Gasteiger charge is 2.02. The van der Waals surface area contributed by atoms with Crippen LogP contribution in [0.4, 0.5) is 9.18 Å². The van der Waals surface area contributed by atoms with Gasteiger partial charge in [-0.2, -0.15) is 0 Å². The minimum Gasteiger partial charge on any atom is -0.465 e. The van der Waals surface area contributed by atoms with Crippen molar-refractivity contribution in [2.75, 3.05) is 12.3 Å². The Hall–Kier alpha value is -1.20. The van der Waals surface area contributed by atoms with Crippen LogP contribution >= 0.6 is 23.4 Å². The molecule has 0 aliphatic heterocycles. The van der Waals surface area contributed by atoms with Crippen molar-refractivity contribution in [2.24, 2.45) is 0 Å². The Kier molecular flexibility index (Phi) is 5.86. The number of benzene rings is 1. The lowest BCUT2D eigenvalue weighted by Gasteiger charge is -2.06. The fourth-order valence-corrected chi connectivity index (χ4v) is 2.20. The van der Waals surface area contributed by atoms with Crippen LogP contribution in [0.1, 0.15) is 0 Å². The number of rotatable bonds is 5. The number of hydrogen-bond donors (Lipinski definition) is 2. The van der Waals surface area contributed by atoms with Gasteiger partial charge in [0.25, 0.3) is 0 Å². The van der Waals surface area contributed by atoms with E-state index in [1.165, 1.54) is 11.8 Å². The molecule has 0 aliphatic carbocycles. The summed E-state index contributed by atoms with van der Waals surface area (Å²) < 4.78 is 12.5. The fourth-order valence-electron chi connectivity index (χ4n) is 1.04. The SMILES string of the molecule is O=C(O)NC/C(=C\F)CSc1cccc(Cl)c1. The number of nitrogens with one attached hydrogen (secondary N) is 1. The summed E-state index contributed by atoms with van der Waals surface area (Å²) in [4.78, 5) is 11.2. The fraction of sp³-hybridized carbons (Fsp3) is 0.182. The molecule has 0 aromatic heterocycles. The summed E-state index contributed by atoms with van der Waals surface area (Å²) in [6, 6.07) is 7.19. The van der Waals surface area contributed by atoms with Gasteiger partial charge in [0, 0.05) is 22.2 Å². The van der Waals surface area contributed by atoms with E-state index in [0.717, 1.165) is 4.90 Å². The van der Waals surface area contributed by atoms with Gasteiger partial charge in [0.05, 0.1) is 6.33 Å². The van der Waals surface area contributed by atoms with Gasteiger partial charge in [0.2, 0.25) is 0 Å². The summed E-state index contributed by atoms with van der Waals surface area (Å²) in [6.45, 7) is -0.0145. The number of amides is 1. The molecule has 2 N–H and O–H groups in total. The lowest BCUT2D eigenvalue weighted by Crippen LogP contribution is -2.23. The van der Waals surface area contributed by atoms with Crippen molar-refractivity contribution in [1.82, 2.24) is 5.32 Å². The zero-order chi connectivity index (χ0) is 12.7. The van der Waals surface area contributed by atoms with Crippen molar-refractivity contribution >= 4 is 29.5 Å². The van der Waals surface area contributed by atoms with Crippen LogP contribution in [-0.4, -0.2) is 23.5 Å². The minimum atomic E-state index is -1.17. The molecule has 0 aliphatic rings. The van der Waals surface area contributed by atoms with Gasteiger partial charge in [-0.05, 0) is 23.8 Å². The van der Waals surface area contributed by atoms with Crippen LogP contribution < -0.4 is 5.32 Å². The van der Waals surface area contributed by atoms with E-state index >= 15 is 0 Å². The first-order chi connectivity index (χ1) is 8.11.